The van der Waals surface area contributed by atoms with E-state index in [0.717, 1.165) is 12.1 Å². The molecule has 1 heterocycles. The highest BCUT2D eigenvalue weighted by Crippen LogP contribution is 2.35. The topological polar surface area (TPSA) is 69.7 Å². The number of methoxy groups -OCH3 is 2. The Morgan fingerprint density at radius 1 is 0.949 bits per heavy atom. The van der Waals surface area contributed by atoms with Gasteiger partial charge in [-0.1, -0.05) is 41.4 Å². The predicted molar refractivity (Wildman–Crippen MR) is 146 cm³/mol. The molecule has 39 heavy (non-hydrogen) atoms. The lowest BCUT2D eigenvalue weighted by Gasteiger charge is -2.21. The van der Waals surface area contributed by atoms with Crippen molar-refractivity contribution < 1.29 is 27.8 Å². The van der Waals surface area contributed by atoms with Crippen LogP contribution in [0, 0.1) is 11.6 Å². The lowest BCUT2D eigenvalue weighted by Crippen LogP contribution is -2.15. The summed E-state index contributed by atoms with van der Waals surface area (Å²) in [6.07, 6.45) is 2.32. The van der Waals surface area contributed by atoms with Crippen LogP contribution in [0.5, 0.6) is 11.5 Å². The molecule has 0 aliphatic rings. The summed E-state index contributed by atoms with van der Waals surface area (Å²) in [7, 11) is 3.04. The summed E-state index contributed by atoms with van der Waals surface area (Å²) in [5.74, 6) is -0.989. The minimum absolute atomic E-state index is 0.143. The fraction of sp³-hybridized carbons (Fsp3) is 0.172. The molecule has 10 heteroatoms. The second-order valence-corrected chi connectivity index (χ2v) is 9.29. The first-order valence-corrected chi connectivity index (χ1v) is 12.5. The Balaban J connectivity index is 1.58. The summed E-state index contributed by atoms with van der Waals surface area (Å²) in [6, 6.07) is 15.2. The number of rotatable bonds is 10. The molecule has 0 aliphatic carbocycles. The third-order valence-corrected chi connectivity index (χ3v) is 6.60. The van der Waals surface area contributed by atoms with Crippen molar-refractivity contribution in [2.45, 2.75) is 19.1 Å². The van der Waals surface area contributed by atoms with Gasteiger partial charge in [-0.15, -0.1) is 0 Å². The van der Waals surface area contributed by atoms with Crippen LogP contribution in [0.1, 0.15) is 33.2 Å². The van der Waals surface area contributed by atoms with Gasteiger partial charge in [0.15, 0.2) is 11.5 Å². The van der Waals surface area contributed by atoms with E-state index in [1.54, 1.807) is 42.5 Å². The zero-order valence-electron chi connectivity index (χ0n) is 21.0. The molecular weight excluding hydrogens is 549 g/mol. The fourth-order valence-corrected chi connectivity index (χ4v) is 4.45. The summed E-state index contributed by atoms with van der Waals surface area (Å²) >= 11 is 12.7. The number of halogens is 4. The van der Waals surface area contributed by atoms with E-state index in [1.807, 2.05) is 0 Å². The van der Waals surface area contributed by atoms with Crippen LogP contribution >= 0.6 is 23.2 Å². The van der Waals surface area contributed by atoms with Gasteiger partial charge >= 0.3 is 5.97 Å². The molecule has 3 aromatic carbocycles. The van der Waals surface area contributed by atoms with Crippen molar-refractivity contribution in [3.05, 3.63) is 117 Å². The summed E-state index contributed by atoms with van der Waals surface area (Å²) in [4.78, 5) is 17.3. The number of anilines is 1. The normalized spacial score (nSPS) is 11.5. The van der Waals surface area contributed by atoms with Crippen LogP contribution in [0.4, 0.5) is 14.5 Å². The number of pyridine rings is 1. The van der Waals surface area contributed by atoms with E-state index in [2.05, 4.69) is 10.3 Å². The van der Waals surface area contributed by atoms with E-state index in [4.69, 9.17) is 37.4 Å². The highest BCUT2D eigenvalue weighted by molar-refractivity contribution is 6.35. The third kappa shape index (κ3) is 6.96. The summed E-state index contributed by atoms with van der Waals surface area (Å²) in [5, 5.41) is 3.58. The van der Waals surface area contributed by atoms with Gasteiger partial charge in [-0.3, -0.25) is 4.98 Å². The van der Waals surface area contributed by atoms with E-state index in [1.165, 1.54) is 32.7 Å². The van der Waals surface area contributed by atoms with Crippen molar-refractivity contribution in [1.29, 1.82) is 0 Å². The molecule has 1 N–H and O–H groups in total. The highest BCUT2D eigenvalue weighted by atomic mass is 35.5. The monoisotopic (exact) mass is 572 g/mol. The van der Waals surface area contributed by atoms with E-state index in [0.29, 0.717) is 38.2 Å². The minimum atomic E-state index is -0.787. The Hall–Kier alpha value is -3.88. The molecule has 0 aliphatic heterocycles. The Morgan fingerprint density at radius 2 is 1.69 bits per heavy atom. The molecule has 0 fully saturated rings. The Kier molecular flexibility index (Phi) is 9.22. The number of hydrogen-bond acceptors (Lipinski definition) is 6. The molecule has 0 saturated carbocycles. The van der Waals surface area contributed by atoms with Crippen LogP contribution in [-0.4, -0.2) is 25.2 Å². The molecular formula is C29H24Cl2F2N2O4. The number of carbonyl (C=O) groups is 1. The predicted octanol–water partition coefficient (Wildman–Crippen LogP) is 7.44. The van der Waals surface area contributed by atoms with Gasteiger partial charge in [0, 0.05) is 31.4 Å². The zero-order chi connectivity index (χ0) is 27.9. The molecule has 202 valence electrons. The first-order valence-electron chi connectivity index (χ1n) is 11.8. The number of nitrogens with one attached hydrogen (secondary N) is 1. The highest BCUT2D eigenvalue weighted by Gasteiger charge is 2.23. The van der Waals surface area contributed by atoms with Crippen molar-refractivity contribution >= 4 is 34.9 Å². The van der Waals surface area contributed by atoms with Crippen molar-refractivity contribution in [3.63, 3.8) is 0 Å². The number of esters is 1. The quantitative estimate of drug-likeness (QED) is 0.199. The molecule has 0 amide bonds. The van der Waals surface area contributed by atoms with E-state index in [9.17, 15) is 13.6 Å². The van der Waals surface area contributed by atoms with Gasteiger partial charge in [-0.05, 0) is 53.1 Å². The molecule has 0 unspecified atom stereocenters. The molecule has 0 bridgehead atoms. The lowest BCUT2D eigenvalue weighted by molar-refractivity contribution is 0.0297. The first-order chi connectivity index (χ1) is 18.8. The maximum Gasteiger partial charge on any atom is 0.338 e. The number of carbonyl (C=O) groups excluding carboxylic acids is 1. The summed E-state index contributed by atoms with van der Waals surface area (Å²) in [6.45, 7) is 0.199. The second-order valence-electron chi connectivity index (χ2n) is 8.47. The number of ether oxygens (including phenoxy) is 3. The number of nitrogens with zero attached hydrogens (tertiary/aromatic N) is 1. The smallest absolute Gasteiger partial charge is 0.338 e. The van der Waals surface area contributed by atoms with Crippen molar-refractivity contribution in [2.75, 3.05) is 19.5 Å². The molecule has 0 radical (unpaired) electrons. The van der Waals surface area contributed by atoms with Crippen LogP contribution in [0.2, 0.25) is 10.0 Å². The molecule has 1 atom stereocenters. The summed E-state index contributed by atoms with van der Waals surface area (Å²) in [5.41, 5.74) is 2.32. The van der Waals surface area contributed by atoms with E-state index < -0.39 is 23.7 Å². The van der Waals surface area contributed by atoms with E-state index >= 15 is 0 Å². The van der Waals surface area contributed by atoms with Gasteiger partial charge in [0.05, 0.1) is 35.5 Å². The Morgan fingerprint density at radius 3 is 2.38 bits per heavy atom. The third-order valence-electron chi connectivity index (χ3n) is 5.95. The summed E-state index contributed by atoms with van der Waals surface area (Å²) < 4.78 is 43.9. The van der Waals surface area contributed by atoms with Crippen LogP contribution < -0.4 is 14.8 Å². The van der Waals surface area contributed by atoms with Gasteiger partial charge in [0.25, 0.3) is 0 Å². The fourth-order valence-electron chi connectivity index (χ4n) is 3.93. The average molecular weight is 573 g/mol. The van der Waals surface area contributed by atoms with Crippen LogP contribution in [0.25, 0.3) is 0 Å². The maximum absolute atomic E-state index is 14.0. The van der Waals surface area contributed by atoms with Crippen LogP contribution in [-0.2, 0) is 17.7 Å². The molecule has 6 nitrogen and oxygen atoms in total. The average Bonchev–Trinajstić information content (AvgIpc) is 2.93. The van der Waals surface area contributed by atoms with Crippen molar-refractivity contribution in [2.24, 2.45) is 0 Å². The minimum Gasteiger partial charge on any atom is -0.493 e. The second kappa shape index (κ2) is 12.8. The SMILES string of the molecule is COc1ccc([C@H](Cc2c(Cl)cncc2Cl)OC(=O)c2cccc(CNc3ccc(F)cc3F)c2)cc1OC. The van der Waals surface area contributed by atoms with Gasteiger partial charge in [-0.2, -0.15) is 0 Å². The van der Waals surface area contributed by atoms with Gasteiger partial charge in [-0.25, -0.2) is 13.6 Å². The molecule has 4 aromatic rings. The maximum atomic E-state index is 14.0. The zero-order valence-corrected chi connectivity index (χ0v) is 22.5. The largest absolute Gasteiger partial charge is 0.493 e. The van der Waals surface area contributed by atoms with Crippen molar-refractivity contribution in [1.82, 2.24) is 4.98 Å². The number of benzene rings is 3. The Labute approximate surface area is 234 Å². The molecule has 0 saturated heterocycles. The van der Waals surface area contributed by atoms with Crippen molar-refractivity contribution in [3.8, 4) is 11.5 Å². The first kappa shape index (κ1) is 28.1. The number of hydrogen-bond donors (Lipinski definition) is 1. The Bertz CT molecular complexity index is 1470. The van der Waals surface area contributed by atoms with Gasteiger partial charge < -0.3 is 19.5 Å². The van der Waals surface area contributed by atoms with Gasteiger partial charge in [0.1, 0.15) is 17.7 Å². The molecule has 4 rings (SSSR count). The van der Waals surface area contributed by atoms with Crippen LogP contribution in [0.3, 0.4) is 0 Å². The standard InChI is InChI=1S/C29H24Cl2F2N2O4/c1-37-26-9-6-18(11-28(26)38-2)27(13-21-22(30)15-34-16-23(21)31)39-29(36)19-5-3-4-17(10-19)14-35-25-8-7-20(32)12-24(25)33/h3-12,15-16,27,35H,13-14H2,1-2H3/t27-/m0/s1. The number of aromatic nitrogens is 1. The molecule has 0 spiro atoms. The lowest BCUT2D eigenvalue weighted by atomic mass is 10.0. The van der Waals surface area contributed by atoms with E-state index in [-0.39, 0.29) is 24.2 Å². The molecule has 1 aromatic heterocycles. The van der Waals surface area contributed by atoms with Crippen LogP contribution in [0.15, 0.2) is 73.1 Å². The van der Waals surface area contributed by atoms with Gasteiger partial charge in [0.2, 0.25) is 0 Å².